The van der Waals surface area contributed by atoms with Crippen molar-refractivity contribution >= 4 is 11.9 Å². The SMILES string of the molecule is CNC(=O)[C@H]1Cc2ccccc2CN1Cc1ccoc1C(=O)OC. The summed E-state index contributed by atoms with van der Waals surface area (Å²) in [6, 6.07) is 9.56. The monoisotopic (exact) mass is 328 g/mol. The van der Waals surface area contributed by atoms with Crippen molar-refractivity contribution in [1.29, 1.82) is 0 Å². The van der Waals surface area contributed by atoms with Crippen LogP contribution in [0.1, 0.15) is 27.2 Å². The Labute approximate surface area is 140 Å². The van der Waals surface area contributed by atoms with Gasteiger partial charge in [-0.2, -0.15) is 0 Å². The van der Waals surface area contributed by atoms with Crippen LogP contribution >= 0.6 is 0 Å². The van der Waals surface area contributed by atoms with E-state index in [-0.39, 0.29) is 17.7 Å². The fourth-order valence-corrected chi connectivity index (χ4v) is 3.12. The van der Waals surface area contributed by atoms with Gasteiger partial charge in [-0.3, -0.25) is 9.69 Å². The molecule has 0 aliphatic carbocycles. The van der Waals surface area contributed by atoms with E-state index in [0.717, 1.165) is 5.56 Å². The van der Waals surface area contributed by atoms with Crippen molar-refractivity contribution in [1.82, 2.24) is 10.2 Å². The van der Waals surface area contributed by atoms with Gasteiger partial charge in [0.2, 0.25) is 11.7 Å². The van der Waals surface area contributed by atoms with Gasteiger partial charge in [0, 0.05) is 25.7 Å². The largest absolute Gasteiger partial charge is 0.463 e. The maximum absolute atomic E-state index is 12.3. The van der Waals surface area contributed by atoms with Gasteiger partial charge in [0.05, 0.1) is 19.4 Å². The highest BCUT2D eigenvalue weighted by Gasteiger charge is 2.32. The molecule has 3 rings (SSSR count). The Kier molecular flexibility index (Phi) is 4.66. The number of hydrogen-bond donors (Lipinski definition) is 1. The average molecular weight is 328 g/mol. The number of fused-ring (bicyclic) bond motifs is 1. The first kappa shape index (κ1) is 16.3. The Balaban J connectivity index is 1.89. The van der Waals surface area contributed by atoms with Crippen molar-refractivity contribution in [2.24, 2.45) is 0 Å². The summed E-state index contributed by atoms with van der Waals surface area (Å²) < 4.78 is 9.99. The van der Waals surface area contributed by atoms with Gasteiger partial charge in [-0.25, -0.2) is 4.79 Å². The molecular weight excluding hydrogens is 308 g/mol. The number of benzene rings is 1. The molecule has 0 spiro atoms. The van der Waals surface area contributed by atoms with Crippen molar-refractivity contribution < 1.29 is 18.7 Å². The Hall–Kier alpha value is -2.60. The first-order valence-electron chi connectivity index (χ1n) is 7.81. The molecule has 1 amide bonds. The zero-order valence-corrected chi connectivity index (χ0v) is 13.7. The molecule has 0 unspecified atom stereocenters. The zero-order chi connectivity index (χ0) is 17.1. The third-order valence-electron chi connectivity index (χ3n) is 4.39. The molecule has 1 aromatic carbocycles. The van der Waals surface area contributed by atoms with Crippen molar-refractivity contribution in [2.45, 2.75) is 25.6 Å². The second-order valence-corrected chi connectivity index (χ2v) is 5.77. The molecule has 0 saturated heterocycles. The highest BCUT2D eigenvalue weighted by atomic mass is 16.5. The predicted octanol–water partition coefficient (Wildman–Crippen LogP) is 1.74. The van der Waals surface area contributed by atoms with E-state index in [1.165, 1.54) is 24.5 Å². The van der Waals surface area contributed by atoms with Crippen molar-refractivity contribution in [3.8, 4) is 0 Å². The molecule has 2 aromatic rings. The second kappa shape index (κ2) is 6.88. The summed E-state index contributed by atoms with van der Waals surface area (Å²) in [7, 11) is 2.96. The minimum absolute atomic E-state index is 0.0346. The molecule has 1 N–H and O–H groups in total. The molecule has 0 saturated carbocycles. The number of hydrogen-bond acceptors (Lipinski definition) is 5. The van der Waals surface area contributed by atoms with Gasteiger partial charge in [0.15, 0.2) is 0 Å². The third kappa shape index (κ3) is 3.05. The summed E-state index contributed by atoms with van der Waals surface area (Å²) in [5, 5.41) is 2.73. The molecule has 1 aliphatic rings. The third-order valence-corrected chi connectivity index (χ3v) is 4.39. The van der Waals surface area contributed by atoms with Crippen LogP contribution in [0.2, 0.25) is 0 Å². The van der Waals surface area contributed by atoms with Crippen LogP contribution in [0.4, 0.5) is 0 Å². The van der Waals surface area contributed by atoms with E-state index in [2.05, 4.69) is 22.3 Å². The molecule has 0 radical (unpaired) electrons. The molecule has 24 heavy (non-hydrogen) atoms. The maximum Gasteiger partial charge on any atom is 0.374 e. The number of amides is 1. The molecule has 1 aliphatic heterocycles. The number of nitrogens with one attached hydrogen (secondary N) is 1. The van der Waals surface area contributed by atoms with E-state index in [9.17, 15) is 9.59 Å². The molecule has 0 bridgehead atoms. The number of rotatable bonds is 4. The normalized spacial score (nSPS) is 17.2. The van der Waals surface area contributed by atoms with Crippen LogP contribution in [0, 0.1) is 0 Å². The van der Waals surface area contributed by atoms with E-state index >= 15 is 0 Å². The summed E-state index contributed by atoms with van der Waals surface area (Å²) >= 11 is 0. The number of likely N-dealkylation sites (N-methyl/N-ethyl adjacent to an activating group) is 1. The summed E-state index contributed by atoms with van der Waals surface area (Å²) in [6.45, 7) is 1.08. The lowest BCUT2D eigenvalue weighted by Crippen LogP contribution is -2.49. The molecule has 126 valence electrons. The molecule has 1 aromatic heterocycles. The van der Waals surface area contributed by atoms with Crippen LogP contribution < -0.4 is 5.32 Å². The lowest BCUT2D eigenvalue weighted by Gasteiger charge is -2.35. The standard InChI is InChI=1S/C18H20N2O4/c1-19-17(21)15-9-12-5-3-4-6-13(12)10-20(15)11-14-7-8-24-16(14)18(22)23-2/h3-8,15H,9-11H2,1-2H3,(H,19,21)/t15-/m1/s1. The number of carbonyl (C=O) groups is 2. The van der Waals surface area contributed by atoms with Gasteiger partial charge >= 0.3 is 5.97 Å². The molecule has 1 atom stereocenters. The number of ether oxygens (including phenoxy) is 1. The first-order valence-corrected chi connectivity index (χ1v) is 7.81. The summed E-state index contributed by atoms with van der Waals surface area (Å²) in [4.78, 5) is 26.2. The first-order chi connectivity index (χ1) is 11.6. The average Bonchev–Trinajstić information content (AvgIpc) is 3.08. The summed E-state index contributed by atoms with van der Waals surface area (Å²) in [5.74, 6) is -0.358. The number of nitrogens with zero attached hydrogens (tertiary/aromatic N) is 1. The van der Waals surface area contributed by atoms with Crippen LogP contribution in [0.5, 0.6) is 0 Å². The number of methoxy groups -OCH3 is 1. The van der Waals surface area contributed by atoms with Crippen molar-refractivity contribution in [2.75, 3.05) is 14.2 Å². The Morgan fingerprint density at radius 3 is 2.75 bits per heavy atom. The van der Waals surface area contributed by atoms with Gasteiger partial charge in [-0.15, -0.1) is 0 Å². The molecule has 2 heterocycles. The van der Waals surface area contributed by atoms with Crippen LogP contribution in [-0.4, -0.2) is 37.0 Å². The smallest absolute Gasteiger partial charge is 0.374 e. The van der Waals surface area contributed by atoms with Gasteiger partial charge < -0.3 is 14.5 Å². The highest BCUT2D eigenvalue weighted by molar-refractivity contribution is 5.88. The Bertz CT molecular complexity index is 753. The molecular formula is C18H20N2O4. The van der Waals surface area contributed by atoms with E-state index < -0.39 is 5.97 Å². The van der Waals surface area contributed by atoms with E-state index in [1.54, 1.807) is 13.1 Å². The minimum atomic E-state index is -0.510. The van der Waals surface area contributed by atoms with Crippen LogP contribution in [-0.2, 0) is 29.0 Å². The molecule has 6 heteroatoms. The summed E-state index contributed by atoms with van der Waals surface area (Å²) in [6.07, 6.45) is 2.11. The van der Waals surface area contributed by atoms with Gasteiger partial charge in [-0.1, -0.05) is 24.3 Å². The van der Waals surface area contributed by atoms with Crippen LogP contribution in [0.25, 0.3) is 0 Å². The second-order valence-electron chi connectivity index (χ2n) is 5.77. The maximum atomic E-state index is 12.3. The van der Waals surface area contributed by atoms with E-state index in [4.69, 9.17) is 9.15 Å². The number of carbonyl (C=O) groups excluding carboxylic acids is 2. The van der Waals surface area contributed by atoms with Crippen LogP contribution in [0.15, 0.2) is 41.0 Å². The lowest BCUT2D eigenvalue weighted by molar-refractivity contribution is -0.126. The topological polar surface area (TPSA) is 71.8 Å². The zero-order valence-electron chi connectivity index (χ0n) is 13.7. The molecule has 0 fully saturated rings. The number of esters is 1. The highest BCUT2D eigenvalue weighted by Crippen LogP contribution is 2.26. The van der Waals surface area contributed by atoms with E-state index in [1.807, 2.05) is 12.1 Å². The number of furan rings is 1. The molecule has 6 nitrogen and oxygen atoms in total. The minimum Gasteiger partial charge on any atom is -0.463 e. The predicted molar refractivity (Wildman–Crippen MR) is 87.3 cm³/mol. The Morgan fingerprint density at radius 1 is 1.29 bits per heavy atom. The van der Waals surface area contributed by atoms with E-state index in [0.29, 0.717) is 19.5 Å². The van der Waals surface area contributed by atoms with Crippen molar-refractivity contribution in [3.63, 3.8) is 0 Å². The van der Waals surface area contributed by atoms with Crippen LogP contribution in [0.3, 0.4) is 0 Å². The summed E-state index contributed by atoms with van der Waals surface area (Å²) in [5.41, 5.74) is 3.10. The quantitative estimate of drug-likeness (QED) is 0.866. The van der Waals surface area contributed by atoms with Gasteiger partial charge in [0.1, 0.15) is 0 Å². The van der Waals surface area contributed by atoms with Gasteiger partial charge in [-0.05, 0) is 23.6 Å². The lowest BCUT2D eigenvalue weighted by atomic mass is 9.93. The Morgan fingerprint density at radius 2 is 2.04 bits per heavy atom. The fourth-order valence-electron chi connectivity index (χ4n) is 3.12. The van der Waals surface area contributed by atoms with Gasteiger partial charge in [0.25, 0.3) is 0 Å². The fraction of sp³-hybridized carbons (Fsp3) is 0.333. The van der Waals surface area contributed by atoms with Crippen molar-refractivity contribution in [3.05, 3.63) is 59.0 Å².